The van der Waals surface area contributed by atoms with Gasteiger partial charge in [0.25, 0.3) is 0 Å². The lowest BCUT2D eigenvalue weighted by atomic mass is 9.84. The van der Waals surface area contributed by atoms with Gasteiger partial charge < -0.3 is 14.8 Å². The van der Waals surface area contributed by atoms with E-state index in [1.807, 2.05) is 0 Å². The van der Waals surface area contributed by atoms with E-state index in [0.29, 0.717) is 5.41 Å². The highest BCUT2D eigenvalue weighted by molar-refractivity contribution is 4.85. The molecular formula is C13H27NO2. The third kappa shape index (κ3) is 4.81. The molecule has 1 fully saturated rings. The summed E-state index contributed by atoms with van der Waals surface area (Å²) in [6.45, 7) is 10.1. The van der Waals surface area contributed by atoms with Gasteiger partial charge in [-0.25, -0.2) is 0 Å². The lowest BCUT2D eigenvalue weighted by Gasteiger charge is -2.27. The molecule has 3 heteroatoms. The van der Waals surface area contributed by atoms with E-state index >= 15 is 0 Å². The summed E-state index contributed by atoms with van der Waals surface area (Å²) in [5.41, 5.74) is 0.336. The lowest BCUT2D eigenvalue weighted by Crippen LogP contribution is -2.35. The van der Waals surface area contributed by atoms with E-state index in [1.165, 1.54) is 19.3 Å². The molecule has 0 amide bonds. The molecule has 1 saturated heterocycles. The van der Waals surface area contributed by atoms with Gasteiger partial charge >= 0.3 is 0 Å². The Bertz CT molecular complexity index is 167. The number of ether oxygens (including phenoxy) is 2. The van der Waals surface area contributed by atoms with Gasteiger partial charge in [0.05, 0.1) is 6.61 Å². The maximum Gasteiger partial charge on any atom is 0.0536 e. The van der Waals surface area contributed by atoms with Crippen LogP contribution in [-0.4, -0.2) is 39.5 Å². The quantitative estimate of drug-likeness (QED) is 0.615. The molecule has 0 spiro atoms. The van der Waals surface area contributed by atoms with E-state index in [-0.39, 0.29) is 0 Å². The highest BCUT2D eigenvalue weighted by atomic mass is 16.5. The zero-order valence-corrected chi connectivity index (χ0v) is 10.9. The van der Waals surface area contributed by atoms with E-state index < -0.39 is 0 Å². The van der Waals surface area contributed by atoms with E-state index in [4.69, 9.17) is 9.47 Å². The summed E-state index contributed by atoms with van der Waals surface area (Å²) in [6, 6.07) is 0. The molecule has 16 heavy (non-hydrogen) atoms. The van der Waals surface area contributed by atoms with Crippen molar-refractivity contribution in [2.75, 3.05) is 39.5 Å². The molecule has 1 aliphatic rings. The van der Waals surface area contributed by atoms with Gasteiger partial charge in [-0.1, -0.05) is 20.3 Å². The zero-order valence-electron chi connectivity index (χ0n) is 10.9. The standard InChI is InChI=1S/C13H27NO2/c1-3-5-8-15-9-6-13(11-14-4-2)7-10-16-12-13/h14H,3-12H2,1-2H3. The molecule has 0 saturated carbocycles. The van der Waals surface area contributed by atoms with Crippen LogP contribution in [0.1, 0.15) is 39.5 Å². The van der Waals surface area contributed by atoms with Crippen molar-refractivity contribution in [3.05, 3.63) is 0 Å². The third-order valence-corrected chi connectivity index (χ3v) is 3.35. The molecule has 96 valence electrons. The maximum absolute atomic E-state index is 5.66. The van der Waals surface area contributed by atoms with Crippen LogP contribution >= 0.6 is 0 Å². The summed E-state index contributed by atoms with van der Waals surface area (Å²) < 4.78 is 11.2. The van der Waals surface area contributed by atoms with Crippen LogP contribution in [-0.2, 0) is 9.47 Å². The van der Waals surface area contributed by atoms with Crippen molar-refractivity contribution < 1.29 is 9.47 Å². The van der Waals surface area contributed by atoms with Crippen molar-refractivity contribution in [2.45, 2.75) is 39.5 Å². The SMILES string of the molecule is CCCCOCCC1(CNCC)CCOC1. The van der Waals surface area contributed by atoms with Crippen LogP contribution in [0.25, 0.3) is 0 Å². The van der Waals surface area contributed by atoms with Crippen LogP contribution in [0, 0.1) is 5.41 Å². The van der Waals surface area contributed by atoms with Gasteiger partial charge in [-0.15, -0.1) is 0 Å². The Morgan fingerprint density at radius 3 is 2.81 bits per heavy atom. The van der Waals surface area contributed by atoms with Gasteiger partial charge in [-0.3, -0.25) is 0 Å². The summed E-state index contributed by atoms with van der Waals surface area (Å²) in [5.74, 6) is 0. The number of rotatable bonds is 9. The monoisotopic (exact) mass is 229 g/mol. The number of hydrogen-bond acceptors (Lipinski definition) is 3. The van der Waals surface area contributed by atoms with Crippen LogP contribution < -0.4 is 5.32 Å². The molecule has 1 unspecified atom stereocenters. The second kappa shape index (κ2) is 8.04. The number of unbranched alkanes of at least 4 members (excludes halogenated alkanes) is 1. The molecule has 1 rings (SSSR count). The second-order valence-corrected chi connectivity index (χ2v) is 4.80. The Morgan fingerprint density at radius 2 is 2.19 bits per heavy atom. The van der Waals surface area contributed by atoms with Crippen LogP contribution in [0.2, 0.25) is 0 Å². The number of hydrogen-bond donors (Lipinski definition) is 1. The average Bonchev–Trinajstić information content (AvgIpc) is 2.76. The minimum atomic E-state index is 0.336. The lowest BCUT2D eigenvalue weighted by molar-refractivity contribution is 0.0792. The first-order valence-electron chi connectivity index (χ1n) is 6.69. The Kier molecular flexibility index (Phi) is 7.01. The molecular weight excluding hydrogens is 202 g/mol. The van der Waals surface area contributed by atoms with E-state index in [2.05, 4.69) is 19.2 Å². The van der Waals surface area contributed by atoms with Crippen LogP contribution in [0.5, 0.6) is 0 Å². The fourth-order valence-corrected chi connectivity index (χ4v) is 2.10. The normalized spacial score (nSPS) is 25.1. The van der Waals surface area contributed by atoms with Crippen LogP contribution in [0.3, 0.4) is 0 Å². The number of nitrogens with one attached hydrogen (secondary N) is 1. The van der Waals surface area contributed by atoms with Crippen molar-refractivity contribution in [3.8, 4) is 0 Å². The van der Waals surface area contributed by atoms with Crippen molar-refractivity contribution in [2.24, 2.45) is 5.41 Å². The van der Waals surface area contributed by atoms with Crippen molar-refractivity contribution in [1.29, 1.82) is 0 Å². The van der Waals surface area contributed by atoms with E-state index in [1.54, 1.807) is 0 Å². The minimum absolute atomic E-state index is 0.336. The molecule has 3 nitrogen and oxygen atoms in total. The average molecular weight is 229 g/mol. The molecule has 0 aliphatic carbocycles. The molecule has 0 aromatic rings. The van der Waals surface area contributed by atoms with Crippen LogP contribution in [0.4, 0.5) is 0 Å². The third-order valence-electron chi connectivity index (χ3n) is 3.35. The topological polar surface area (TPSA) is 30.5 Å². The summed E-state index contributed by atoms with van der Waals surface area (Å²) in [4.78, 5) is 0. The summed E-state index contributed by atoms with van der Waals surface area (Å²) >= 11 is 0. The highest BCUT2D eigenvalue weighted by Crippen LogP contribution is 2.31. The molecule has 1 atom stereocenters. The fraction of sp³-hybridized carbons (Fsp3) is 1.00. The van der Waals surface area contributed by atoms with Gasteiger partial charge in [-0.05, 0) is 25.8 Å². The zero-order chi connectivity index (χ0) is 11.7. The molecule has 1 aliphatic heterocycles. The molecule has 0 aromatic carbocycles. The Labute approximate surface area is 99.9 Å². The maximum atomic E-state index is 5.66. The predicted molar refractivity (Wildman–Crippen MR) is 66.8 cm³/mol. The second-order valence-electron chi connectivity index (χ2n) is 4.80. The molecule has 0 bridgehead atoms. The largest absolute Gasteiger partial charge is 0.381 e. The van der Waals surface area contributed by atoms with Crippen molar-refractivity contribution in [3.63, 3.8) is 0 Å². The Balaban J connectivity index is 2.17. The predicted octanol–water partition coefficient (Wildman–Crippen LogP) is 2.21. The van der Waals surface area contributed by atoms with E-state index in [9.17, 15) is 0 Å². The molecule has 1 N–H and O–H groups in total. The van der Waals surface area contributed by atoms with Crippen molar-refractivity contribution in [1.82, 2.24) is 5.32 Å². The van der Waals surface area contributed by atoms with E-state index in [0.717, 1.165) is 45.9 Å². The summed E-state index contributed by atoms with van der Waals surface area (Å²) in [7, 11) is 0. The van der Waals surface area contributed by atoms with Gasteiger partial charge in [0.1, 0.15) is 0 Å². The van der Waals surface area contributed by atoms with Crippen LogP contribution in [0.15, 0.2) is 0 Å². The highest BCUT2D eigenvalue weighted by Gasteiger charge is 2.33. The van der Waals surface area contributed by atoms with Gasteiger partial charge in [0.15, 0.2) is 0 Å². The first-order chi connectivity index (χ1) is 7.83. The minimum Gasteiger partial charge on any atom is -0.381 e. The summed E-state index contributed by atoms with van der Waals surface area (Å²) in [5, 5.41) is 3.45. The van der Waals surface area contributed by atoms with Gasteiger partial charge in [0, 0.05) is 31.8 Å². The van der Waals surface area contributed by atoms with Gasteiger partial charge in [-0.2, -0.15) is 0 Å². The Hall–Kier alpha value is -0.120. The molecule has 0 aromatic heterocycles. The first-order valence-corrected chi connectivity index (χ1v) is 6.69. The Morgan fingerprint density at radius 1 is 1.31 bits per heavy atom. The summed E-state index contributed by atoms with van der Waals surface area (Å²) in [6.07, 6.45) is 4.70. The first kappa shape index (κ1) is 13.9. The fourth-order valence-electron chi connectivity index (χ4n) is 2.10. The molecule has 1 heterocycles. The molecule has 0 radical (unpaired) electrons. The van der Waals surface area contributed by atoms with Gasteiger partial charge in [0.2, 0.25) is 0 Å². The smallest absolute Gasteiger partial charge is 0.0536 e. The van der Waals surface area contributed by atoms with Crippen molar-refractivity contribution >= 4 is 0 Å².